The van der Waals surface area contributed by atoms with Crippen LogP contribution in [0.5, 0.6) is 0 Å². The fourth-order valence-electron chi connectivity index (χ4n) is 12.1. The summed E-state index contributed by atoms with van der Waals surface area (Å²) in [6, 6.07) is 0. The standard InChI is InChI=1S/C78H152O17P2/c1-6-9-12-15-17-19-21-23-24-25-29-32-36-39-43-47-52-57-62-76(81)89-68-74(95-78(83)64-59-54-49-45-41-37-33-30-27-26-28-31-35-38-42-46-51-55-60-71(4)5)70-93-97(86,87)91-66-72(79)65-90-96(84,85)92-69-73(67-88-75(80)61-56-50-14-11-8-3)94-77(82)63-58-53-48-44-40-34-22-20-18-16-13-10-7-2/h71-74,79H,6-70H2,1-5H3,(H,84,85)(H,86,87)/t72-,73+,74+/m0/s1. The molecule has 97 heavy (non-hydrogen) atoms. The van der Waals surface area contributed by atoms with E-state index in [0.29, 0.717) is 25.7 Å². The second-order valence-corrected chi connectivity index (χ2v) is 31.5. The van der Waals surface area contributed by atoms with Crippen molar-refractivity contribution in [3.8, 4) is 0 Å². The average molecular weight is 1420 g/mol. The Morgan fingerprint density at radius 1 is 0.278 bits per heavy atom. The number of aliphatic hydroxyl groups is 1. The van der Waals surface area contributed by atoms with Gasteiger partial charge in [0.25, 0.3) is 0 Å². The molecule has 0 rings (SSSR count). The molecule has 19 heteroatoms. The smallest absolute Gasteiger partial charge is 0.462 e. The Bertz CT molecular complexity index is 1860. The molecule has 5 atom stereocenters. The Labute approximate surface area is 594 Å². The largest absolute Gasteiger partial charge is 0.472 e. The van der Waals surface area contributed by atoms with Gasteiger partial charge in [0, 0.05) is 25.7 Å². The van der Waals surface area contributed by atoms with Crippen molar-refractivity contribution in [3.63, 3.8) is 0 Å². The zero-order chi connectivity index (χ0) is 71.2. The molecule has 0 aromatic rings. The Balaban J connectivity index is 5.12. The highest BCUT2D eigenvalue weighted by atomic mass is 31.2. The van der Waals surface area contributed by atoms with Crippen LogP contribution in [-0.4, -0.2) is 96.7 Å². The van der Waals surface area contributed by atoms with Crippen molar-refractivity contribution >= 4 is 39.5 Å². The van der Waals surface area contributed by atoms with Crippen LogP contribution in [0.3, 0.4) is 0 Å². The maximum Gasteiger partial charge on any atom is 0.472 e. The van der Waals surface area contributed by atoms with Crippen molar-refractivity contribution in [1.82, 2.24) is 0 Å². The van der Waals surface area contributed by atoms with E-state index in [-0.39, 0.29) is 25.7 Å². The third-order valence-electron chi connectivity index (χ3n) is 18.3. The number of esters is 4. The summed E-state index contributed by atoms with van der Waals surface area (Å²) in [4.78, 5) is 72.6. The Morgan fingerprint density at radius 3 is 0.701 bits per heavy atom. The molecule has 2 unspecified atom stereocenters. The molecule has 0 aliphatic rings. The predicted molar refractivity (Wildman–Crippen MR) is 395 cm³/mol. The summed E-state index contributed by atoms with van der Waals surface area (Å²) in [7, 11) is -9.90. The summed E-state index contributed by atoms with van der Waals surface area (Å²) in [5, 5.41) is 10.6. The van der Waals surface area contributed by atoms with E-state index in [0.717, 1.165) is 102 Å². The normalized spacial score (nSPS) is 13.9. The first kappa shape index (κ1) is 95.1. The number of phosphoric acid groups is 2. The highest BCUT2D eigenvalue weighted by Gasteiger charge is 2.30. The van der Waals surface area contributed by atoms with Crippen LogP contribution >= 0.6 is 15.6 Å². The van der Waals surface area contributed by atoms with E-state index in [1.165, 1.54) is 231 Å². The third kappa shape index (κ3) is 72.2. The van der Waals surface area contributed by atoms with Crippen LogP contribution in [-0.2, 0) is 65.4 Å². The zero-order valence-electron chi connectivity index (χ0n) is 63.2. The van der Waals surface area contributed by atoms with Crippen LogP contribution in [0, 0.1) is 5.92 Å². The van der Waals surface area contributed by atoms with Gasteiger partial charge in [-0.25, -0.2) is 9.13 Å². The summed E-state index contributed by atoms with van der Waals surface area (Å²) in [6.07, 6.45) is 61.5. The number of phosphoric ester groups is 2. The summed E-state index contributed by atoms with van der Waals surface area (Å²) >= 11 is 0. The Kier molecular flexibility index (Phi) is 69.6. The first-order valence-electron chi connectivity index (χ1n) is 40.6. The van der Waals surface area contributed by atoms with Crippen LogP contribution < -0.4 is 0 Å². The van der Waals surface area contributed by atoms with Gasteiger partial charge in [-0.3, -0.25) is 37.3 Å². The maximum atomic E-state index is 13.1. The molecule has 0 aromatic heterocycles. The van der Waals surface area contributed by atoms with Gasteiger partial charge < -0.3 is 33.8 Å². The van der Waals surface area contributed by atoms with Gasteiger partial charge in [-0.1, -0.05) is 362 Å². The quantitative estimate of drug-likeness (QED) is 0.0222. The van der Waals surface area contributed by atoms with Gasteiger partial charge in [0.1, 0.15) is 19.3 Å². The van der Waals surface area contributed by atoms with Gasteiger partial charge in [0.2, 0.25) is 0 Å². The second-order valence-electron chi connectivity index (χ2n) is 28.6. The maximum absolute atomic E-state index is 13.1. The number of ether oxygens (including phenoxy) is 4. The van der Waals surface area contributed by atoms with E-state index in [4.69, 9.17) is 37.0 Å². The van der Waals surface area contributed by atoms with Gasteiger partial charge >= 0.3 is 39.5 Å². The van der Waals surface area contributed by atoms with E-state index in [1.807, 2.05) is 0 Å². The molecule has 0 aliphatic carbocycles. The van der Waals surface area contributed by atoms with Crippen molar-refractivity contribution in [3.05, 3.63) is 0 Å². The van der Waals surface area contributed by atoms with Crippen molar-refractivity contribution in [2.45, 2.75) is 432 Å². The predicted octanol–water partition coefficient (Wildman–Crippen LogP) is 23.3. The minimum absolute atomic E-state index is 0.107. The van der Waals surface area contributed by atoms with Crippen LogP contribution in [0.2, 0.25) is 0 Å². The number of rotatable bonds is 78. The topological polar surface area (TPSA) is 237 Å². The van der Waals surface area contributed by atoms with Crippen LogP contribution in [0.25, 0.3) is 0 Å². The first-order chi connectivity index (χ1) is 47.0. The van der Waals surface area contributed by atoms with Crippen LogP contribution in [0.4, 0.5) is 0 Å². The monoisotopic (exact) mass is 1420 g/mol. The molecular weight excluding hydrogens is 1270 g/mol. The van der Waals surface area contributed by atoms with Crippen molar-refractivity contribution in [1.29, 1.82) is 0 Å². The van der Waals surface area contributed by atoms with E-state index in [1.54, 1.807) is 0 Å². The Morgan fingerprint density at radius 2 is 0.474 bits per heavy atom. The molecule has 3 N–H and O–H groups in total. The summed E-state index contributed by atoms with van der Waals surface area (Å²) in [5.41, 5.74) is 0. The highest BCUT2D eigenvalue weighted by Crippen LogP contribution is 2.45. The number of aliphatic hydroxyl groups excluding tert-OH is 1. The van der Waals surface area contributed by atoms with Crippen molar-refractivity contribution in [2.24, 2.45) is 5.92 Å². The van der Waals surface area contributed by atoms with E-state index in [2.05, 4.69) is 34.6 Å². The van der Waals surface area contributed by atoms with Crippen LogP contribution in [0.1, 0.15) is 413 Å². The summed E-state index contributed by atoms with van der Waals surface area (Å²) in [5.74, 6) is -1.30. The van der Waals surface area contributed by atoms with Gasteiger partial charge in [-0.05, 0) is 31.6 Å². The van der Waals surface area contributed by atoms with Gasteiger partial charge in [-0.15, -0.1) is 0 Å². The number of hydrogen-bond donors (Lipinski definition) is 3. The number of carbonyl (C=O) groups is 4. The first-order valence-corrected chi connectivity index (χ1v) is 43.6. The summed E-state index contributed by atoms with van der Waals surface area (Å²) in [6.45, 7) is 7.26. The molecule has 0 aromatic carbocycles. The fourth-order valence-corrected chi connectivity index (χ4v) is 13.6. The zero-order valence-corrected chi connectivity index (χ0v) is 65.0. The molecule has 0 amide bonds. The molecule has 0 bridgehead atoms. The molecule has 0 radical (unpaired) electrons. The average Bonchev–Trinajstić information content (AvgIpc) is 1.79. The molecule has 0 saturated carbocycles. The second kappa shape index (κ2) is 71.1. The lowest BCUT2D eigenvalue weighted by Gasteiger charge is -2.21. The van der Waals surface area contributed by atoms with Gasteiger partial charge in [0.05, 0.1) is 26.4 Å². The third-order valence-corrected chi connectivity index (χ3v) is 20.2. The molecule has 17 nitrogen and oxygen atoms in total. The number of unbranched alkanes of at least 4 members (excludes halogenated alkanes) is 50. The SMILES string of the molecule is CCCCCCCCCCCCCCCCCCCCC(=O)OC[C@H](COP(=O)(O)OC[C@@H](O)COP(=O)(O)OC[C@@H](COC(=O)CCCCCCC)OC(=O)CCCCCCCCCCCCCCC)OC(=O)CCCCCCCCCCCCCCCCCCCCC(C)C. The lowest BCUT2D eigenvalue weighted by atomic mass is 10.0. The molecule has 0 heterocycles. The van der Waals surface area contributed by atoms with E-state index >= 15 is 0 Å². The molecular formula is C78H152O17P2. The van der Waals surface area contributed by atoms with Gasteiger partial charge in [0.15, 0.2) is 12.2 Å². The minimum Gasteiger partial charge on any atom is -0.462 e. The molecule has 0 saturated heterocycles. The highest BCUT2D eigenvalue weighted by molar-refractivity contribution is 7.47. The van der Waals surface area contributed by atoms with Crippen LogP contribution in [0.15, 0.2) is 0 Å². The summed E-state index contributed by atoms with van der Waals surface area (Å²) < 4.78 is 68.4. The van der Waals surface area contributed by atoms with E-state index < -0.39 is 97.5 Å². The molecule has 0 spiro atoms. The lowest BCUT2D eigenvalue weighted by Crippen LogP contribution is -2.30. The number of carbonyl (C=O) groups excluding carboxylic acids is 4. The van der Waals surface area contributed by atoms with Gasteiger partial charge in [-0.2, -0.15) is 0 Å². The minimum atomic E-state index is -4.96. The lowest BCUT2D eigenvalue weighted by molar-refractivity contribution is -0.161. The fraction of sp³-hybridized carbons (Fsp3) is 0.949. The molecule has 0 aliphatic heterocycles. The Hall–Kier alpha value is -1.94. The van der Waals surface area contributed by atoms with Crippen molar-refractivity contribution < 1.29 is 80.2 Å². The molecule has 576 valence electrons. The number of hydrogen-bond acceptors (Lipinski definition) is 15. The van der Waals surface area contributed by atoms with E-state index in [9.17, 15) is 43.2 Å². The van der Waals surface area contributed by atoms with Crippen molar-refractivity contribution in [2.75, 3.05) is 39.6 Å². The molecule has 0 fully saturated rings.